The van der Waals surface area contributed by atoms with Crippen molar-refractivity contribution in [2.24, 2.45) is 5.73 Å². The SMILES string of the molecule is CCC(CCN)N1CCCN(C(=O)COC)CC1. The van der Waals surface area contributed by atoms with E-state index in [0.29, 0.717) is 6.04 Å². The van der Waals surface area contributed by atoms with E-state index in [4.69, 9.17) is 10.5 Å². The third-order valence-electron chi connectivity index (χ3n) is 3.64. The monoisotopic (exact) mass is 257 g/mol. The number of nitrogens with two attached hydrogens (primary N) is 1. The topological polar surface area (TPSA) is 58.8 Å². The minimum Gasteiger partial charge on any atom is -0.375 e. The van der Waals surface area contributed by atoms with E-state index in [9.17, 15) is 4.79 Å². The lowest BCUT2D eigenvalue weighted by Crippen LogP contribution is -2.40. The number of hydrogen-bond acceptors (Lipinski definition) is 4. The summed E-state index contributed by atoms with van der Waals surface area (Å²) in [5.74, 6) is 0.103. The maximum Gasteiger partial charge on any atom is 0.248 e. The maximum atomic E-state index is 11.8. The average molecular weight is 257 g/mol. The molecule has 0 saturated carbocycles. The summed E-state index contributed by atoms with van der Waals surface area (Å²) in [6, 6.07) is 0.562. The molecule has 18 heavy (non-hydrogen) atoms. The summed E-state index contributed by atoms with van der Waals surface area (Å²) in [5.41, 5.74) is 5.66. The Bertz CT molecular complexity index is 248. The van der Waals surface area contributed by atoms with Crippen LogP contribution in [0, 0.1) is 0 Å². The summed E-state index contributed by atoms with van der Waals surface area (Å²) in [6.07, 6.45) is 3.21. The second-order valence-corrected chi connectivity index (χ2v) is 4.84. The number of hydrogen-bond donors (Lipinski definition) is 1. The van der Waals surface area contributed by atoms with Gasteiger partial charge in [0.05, 0.1) is 0 Å². The summed E-state index contributed by atoms with van der Waals surface area (Å²) >= 11 is 0. The van der Waals surface area contributed by atoms with Crippen LogP contribution < -0.4 is 5.73 Å². The van der Waals surface area contributed by atoms with E-state index in [0.717, 1.165) is 52.0 Å². The number of amides is 1. The summed E-state index contributed by atoms with van der Waals surface area (Å²) < 4.78 is 4.91. The number of nitrogens with zero attached hydrogens (tertiary/aromatic N) is 2. The molecular weight excluding hydrogens is 230 g/mol. The van der Waals surface area contributed by atoms with Gasteiger partial charge in [-0.2, -0.15) is 0 Å². The lowest BCUT2D eigenvalue weighted by Gasteiger charge is -2.29. The highest BCUT2D eigenvalue weighted by Gasteiger charge is 2.22. The Morgan fingerprint density at radius 2 is 2.11 bits per heavy atom. The molecule has 1 heterocycles. The van der Waals surface area contributed by atoms with Crippen molar-refractivity contribution in [3.8, 4) is 0 Å². The van der Waals surface area contributed by atoms with E-state index < -0.39 is 0 Å². The van der Waals surface area contributed by atoms with Gasteiger partial charge in [0.2, 0.25) is 5.91 Å². The van der Waals surface area contributed by atoms with Crippen LogP contribution in [0.25, 0.3) is 0 Å². The van der Waals surface area contributed by atoms with Crippen molar-refractivity contribution in [1.29, 1.82) is 0 Å². The molecule has 1 amide bonds. The summed E-state index contributed by atoms with van der Waals surface area (Å²) in [5, 5.41) is 0. The van der Waals surface area contributed by atoms with Crippen LogP contribution in [-0.2, 0) is 9.53 Å². The van der Waals surface area contributed by atoms with Crippen molar-refractivity contribution in [3.05, 3.63) is 0 Å². The fourth-order valence-corrected chi connectivity index (χ4v) is 2.60. The van der Waals surface area contributed by atoms with E-state index in [1.165, 1.54) is 0 Å². The second-order valence-electron chi connectivity index (χ2n) is 4.84. The number of carbonyl (C=O) groups excluding carboxylic acids is 1. The Morgan fingerprint density at radius 3 is 2.72 bits per heavy atom. The van der Waals surface area contributed by atoms with E-state index in [2.05, 4.69) is 11.8 Å². The average Bonchev–Trinajstić information content (AvgIpc) is 2.62. The van der Waals surface area contributed by atoms with Gasteiger partial charge in [-0.3, -0.25) is 9.69 Å². The molecule has 0 radical (unpaired) electrons. The van der Waals surface area contributed by atoms with Gasteiger partial charge in [-0.15, -0.1) is 0 Å². The Balaban J connectivity index is 2.47. The van der Waals surface area contributed by atoms with E-state index in [1.54, 1.807) is 7.11 Å². The highest BCUT2D eigenvalue weighted by atomic mass is 16.5. The van der Waals surface area contributed by atoms with Crippen LogP contribution in [0.3, 0.4) is 0 Å². The zero-order chi connectivity index (χ0) is 13.4. The van der Waals surface area contributed by atoms with Gasteiger partial charge >= 0.3 is 0 Å². The third kappa shape index (κ3) is 4.55. The minimum atomic E-state index is 0.103. The van der Waals surface area contributed by atoms with Crippen LogP contribution >= 0.6 is 0 Å². The van der Waals surface area contributed by atoms with Crippen LogP contribution in [0.2, 0.25) is 0 Å². The van der Waals surface area contributed by atoms with Gasteiger partial charge < -0.3 is 15.4 Å². The predicted octanol–water partition coefficient (Wildman–Crippen LogP) is 0.295. The highest BCUT2D eigenvalue weighted by molar-refractivity contribution is 5.77. The van der Waals surface area contributed by atoms with Gasteiger partial charge in [-0.1, -0.05) is 6.92 Å². The summed E-state index contributed by atoms with van der Waals surface area (Å²) in [7, 11) is 1.57. The fourth-order valence-electron chi connectivity index (χ4n) is 2.60. The van der Waals surface area contributed by atoms with Crippen molar-refractivity contribution in [3.63, 3.8) is 0 Å². The number of carbonyl (C=O) groups is 1. The molecule has 1 aliphatic rings. The van der Waals surface area contributed by atoms with Crippen molar-refractivity contribution in [2.75, 3.05) is 46.4 Å². The second kappa shape index (κ2) is 8.45. The van der Waals surface area contributed by atoms with Crippen molar-refractivity contribution < 1.29 is 9.53 Å². The van der Waals surface area contributed by atoms with Gasteiger partial charge in [0.15, 0.2) is 0 Å². The molecule has 0 aliphatic carbocycles. The molecule has 5 heteroatoms. The Labute approximate surface area is 110 Å². The molecule has 0 aromatic carbocycles. The quantitative estimate of drug-likeness (QED) is 0.743. The van der Waals surface area contributed by atoms with Gasteiger partial charge in [0, 0.05) is 39.3 Å². The molecule has 0 spiro atoms. The highest BCUT2D eigenvalue weighted by Crippen LogP contribution is 2.12. The molecule has 5 nitrogen and oxygen atoms in total. The van der Waals surface area contributed by atoms with E-state index in [-0.39, 0.29) is 12.5 Å². The van der Waals surface area contributed by atoms with Gasteiger partial charge in [-0.25, -0.2) is 0 Å². The first kappa shape index (κ1) is 15.4. The van der Waals surface area contributed by atoms with Crippen molar-refractivity contribution in [1.82, 2.24) is 9.80 Å². The molecule has 1 aliphatic heterocycles. The van der Waals surface area contributed by atoms with Gasteiger partial charge in [0.1, 0.15) is 6.61 Å². The lowest BCUT2D eigenvalue weighted by molar-refractivity contribution is -0.135. The van der Waals surface area contributed by atoms with Crippen molar-refractivity contribution >= 4 is 5.91 Å². The maximum absolute atomic E-state index is 11.8. The van der Waals surface area contributed by atoms with Crippen molar-refractivity contribution in [2.45, 2.75) is 32.2 Å². The lowest BCUT2D eigenvalue weighted by atomic mass is 10.1. The van der Waals surface area contributed by atoms with E-state index in [1.807, 2.05) is 4.90 Å². The largest absolute Gasteiger partial charge is 0.375 e. The fraction of sp³-hybridized carbons (Fsp3) is 0.923. The third-order valence-corrected chi connectivity index (χ3v) is 3.64. The molecule has 1 saturated heterocycles. The van der Waals surface area contributed by atoms with Crippen LogP contribution in [0.1, 0.15) is 26.2 Å². The van der Waals surface area contributed by atoms with Crippen LogP contribution in [-0.4, -0.2) is 68.2 Å². The first-order valence-electron chi connectivity index (χ1n) is 6.93. The first-order valence-corrected chi connectivity index (χ1v) is 6.93. The molecule has 1 atom stereocenters. The Kier molecular flexibility index (Phi) is 7.23. The number of ether oxygens (including phenoxy) is 1. The molecule has 0 bridgehead atoms. The molecule has 106 valence electrons. The van der Waals surface area contributed by atoms with Gasteiger partial charge in [-0.05, 0) is 25.8 Å². The molecule has 0 aromatic heterocycles. The Morgan fingerprint density at radius 1 is 1.33 bits per heavy atom. The number of methoxy groups -OCH3 is 1. The minimum absolute atomic E-state index is 0.103. The van der Waals surface area contributed by atoms with Crippen LogP contribution in [0.15, 0.2) is 0 Å². The first-order chi connectivity index (χ1) is 8.72. The van der Waals surface area contributed by atoms with Gasteiger partial charge in [0.25, 0.3) is 0 Å². The molecule has 1 unspecified atom stereocenters. The molecule has 1 rings (SSSR count). The molecule has 2 N–H and O–H groups in total. The molecular formula is C13H27N3O2. The predicted molar refractivity (Wildman–Crippen MR) is 72.4 cm³/mol. The normalized spacial score (nSPS) is 19.6. The Hall–Kier alpha value is -0.650. The number of rotatable bonds is 6. The van der Waals surface area contributed by atoms with Crippen LogP contribution in [0.4, 0.5) is 0 Å². The summed E-state index contributed by atoms with van der Waals surface area (Å²) in [4.78, 5) is 16.2. The zero-order valence-electron chi connectivity index (χ0n) is 11.7. The summed E-state index contributed by atoms with van der Waals surface area (Å²) in [6.45, 7) is 6.81. The molecule has 1 fully saturated rings. The molecule has 0 aromatic rings. The van der Waals surface area contributed by atoms with Crippen LogP contribution in [0.5, 0.6) is 0 Å². The smallest absolute Gasteiger partial charge is 0.248 e. The zero-order valence-corrected chi connectivity index (χ0v) is 11.7. The van der Waals surface area contributed by atoms with E-state index >= 15 is 0 Å². The standard InChI is InChI=1S/C13H27N3O2/c1-3-12(5-6-14)15-7-4-8-16(10-9-15)13(17)11-18-2/h12H,3-11,14H2,1-2H3.